The number of nitrogens with zero attached hydrogens (tertiary/aromatic N) is 4. The molecule has 1 fully saturated rings. The van der Waals surface area contributed by atoms with Crippen molar-refractivity contribution >= 4 is 32.5 Å². The molecule has 0 spiro atoms. The molecule has 0 bridgehead atoms. The highest BCUT2D eigenvalue weighted by molar-refractivity contribution is 7.90. The summed E-state index contributed by atoms with van der Waals surface area (Å²) in [5, 5.41) is 10.4. The monoisotopic (exact) mass is 348 g/mol. The number of para-hydroxylation sites is 1. The Balaban J connectivity index is 1.89. The van der Waals surface area contributed by atoms with Gasteiger partial charge in [-0.3, -0.25) is 0 Å². The highest BCUT2D eigenvalue weighted by Gasteiger charge is 2.53. The molecule has 0 amide bonds. The Bertz CT molecular complexity index is 1070. The van der Waals surface area contributed by atoms with Crippen LogP contribution in [0.4, 0.5) is 5.95 Å². The zero-order valence-electron chi connectivity index (χ0n) is 12.9. The number of nitrogens with two attached hydrogens (primary N) is 2. The van der Waals surface area contributed by atoms with Crippen molar-refractivity contribution in [1.82, 2.24) is 19.6 Å². The van der Waals surface area contributed by atoms with Crippen molar-refractivity contribution in [2.24, 2.45) is 5.14 Å². The van der Waals surface area contributed by atoms with Gasteiger partial charge in [-0.15, -0.1) is 5.10 Å². The van der Waals surface area contributed by atoms with E-state index in [4.69, 9.17) is 15.6 Å². The third-order valence-electron chi connectivity index (χ3n) is 4.45. The maximum Gasteiger partial charge on any atom is 0.223 e. The van der Waals surface area contributed by atoms with Crippen LogP contribution < -0.4 is 15.6 Å². The van der Waals surface area contributed by atoms with Crippen molar-refractivity contribution in [3.8, 4) is 5.75 Å². The fourth-order valence-electron chi connectivity index (χ4n) is 2.90. The summed E-state index contributed by atoms with van der Waals surface area (Å²) in [7, 11) is -2.10. The molecular formula is C14H16N6O3S. The zero-order valence-corrected chi connectivity index (χ0v) is 13.7. The summed E-state index contributed by atoms with van der Waals surface area (Å²) < 4.78 is 29.3. The van der Waals surface area contributed by atoms with Gasteiger partial charge in [0.25, 0.3) is 0 Å². The van der Waals surface area contributed by atoms with Gasteiger partial charge < -0.3 is 10.5 Å². The van der Waals surface area contributed by atoms with Gasteiger partial charge in [-0.05, 0) is 25.0 Å². The minimum absolute atomic E-state index is 0.154. The van der Waals surface area contributed by atoms with Crippen molar-refractivity contribution in [2.75, 3.05) is 12.8 Å². The van der Waals surface area contributed by atoms with Gasteiger partial charge >= 0.3 is 0 Å². The number of fused-ring (bicyclic) bond motifs is 3. The number of ether oxygens (including phenoxy) is 1. The Morgan fingerprint density at radius 3 is 2.71 bits per heavy atom. The van der Waals surface area contributed by atoms with Gasteiger partial charge in [0.2, 0.25) is 16.0 Å². The van der Waals surface area contributed by atoms with E-state index in [9.17, 15) is 8.42 Å². The second-order valence-electron chi connectivity index (χ2n) is 5.99. The standard InChI is InChI=1S/C14H16N6O3S/c1-23-9-4-2-3-8-11(9)18-13(15)20-12(8)17-10(19-20)7-14(5-6-14)24(16,21)22/h2-4H,5-7H2,1H3,(H2,15,18)(H2,16,21,22). The molecule has 0 aliphatic heterocycles. The van der Waals surface area contributed by atoms with E-state index in [-0.39, 0.29) is 12.4 Å². The van der Waals surface area contributed by atoms with Crippen molar-refractivity contribution in [3.05, 3.63) is 24.0 Å². The van der Waals surface area contributed by atoms with Crippen molar-refractivity contribution in [3.63, 3.8) is 0 Å². The van der Waals surface area contributed by atoms with Crippen LogP contribution in [0.5, 0.6) is 5.75 Å². The Morgan fingerprint density at radius 1 is 1.33 bits per heavy atom. The Labute approximate surface area is 137 Å². The maximum atomic E-state index is 11.8. The number of hydrogen-bond acceptors (Lipinski definition) is 7. The van der Waals surface area contributed by atoms with E-state index < -0.39 is 14.8 Å². The summed E-state index contributed by atoms with van der Waals surface area (Å²) in [6, 6.07) is 5.44. The van der Waals surface area contributed by atoms with Crippen molar-refractivity contribution < 1.29 is 13.2 Å². The van der Waals surface area contributed by atoms with Crippen LogP contribution in [0.1, 0.15) is 18.7 Å². The number of aromatic nitrogens is 4. The van der Waals surface area contributed by atoms with Crippen LogP contribution in [-0.2, 0) is 16.4 Å². The SMILES string of the molecule is COc1cccc2c1nc(N)n1nc(CC3(S(N)(=O)=O)CC3)nc21. The van der Waals surface area contributed by atoms with Crippen LogP contribution >= 0.6 is 0 Å². The molecule has 2 heterocycles. The Kier molecular flexibility index (Phi) is 3.00. The maximum absolute atomic E-state index is 11.8. The number of anilines is 1. The average molecular weight is 348 g/mol. The van der Waals surface area contributed by atoms with E-state index in [0.717, 1.165) is 5.39 Å². The summed E-state index contributed by atoms with van der Waals surface area (Å²) in [6.07, 6.45) is 1.20. The van der Waals surface area contributed by atoms with E-state index in [1.54, 1.807) is 13.2 Å². The normalized spacial score (nSPS) is 16.6. The van der Waals surface area contributed by atoms with E-state index in [2.05, 4.69) is 15.1 Å². The minimum Gasteiger partial charge on any atom is -0.494 e. The number of benzene rings is 1. The summed E-state index contributed by atoms with van der Waals surface area (Å²) in [5.74, 6) is 1.11. The van der Waals surface area contributed by atoms with Gasteiger partial charge in [0.05, 0.1) is 11.9 Å². The molecule has 1 aliphatic rings. The molecule has 2 aromatic heterocycles. The molecule has 0 atom stereocenters. The molecule has 0 unspecified atom stereocenters. The Morgan fingerprint density at radius 2 is 2.08 bits per heavy atom. The van der Waals surface area contributed by atoms with Crippen LogP contribution in [0.3, 0.4) is 0 Å². The third kappa shape index (κ3) is 2.10. The molecule has 4 N–H and O–H groups in total. The van der Waals surface area contributed by atoms with E-state index >= 15 is 0 Å². The number of methoxy groups -OCH3 is 1. The molecule has 1 aliphatic carbocycles. The molecule has 4 rings (SSSR count). The van der Waals surface area contributed by atoms with Crippen LogP contribution in [0.15, 0.2) is 18.2 Å². The zero-order chi connectivity index (χ0) is 17.1. The smallest absolute Gasteiger partial charge is 0.223 e. The predicted octanol–water partition coefficient (Wildman–Crippen LogP) is 0.232. The van der Waals surface area contributed by atoms with Crippen LogP contribution in [0, 0.1) is 0 Å². The molecule has 1 saturated carbocycles. The average Bonchev–Trinajstić information content (AvgIpc) is 3.18. The number of primary sulfonamides is 1. The predicted molar refractivity (Wildman–Crippen MR) is 88.0 cm³/mol. The summed E-state index contributed by atoms with van der Waals surface area (Å²) in [4.78, 5) is 8.79. The van der Waals surface area contributed by atoms with Crippen molar-refractivity contribution in [1.29, 1.82) is 0 Å². The molecule has 0 radical (unpaired) electrons. The third-order valence-corrected chi connectivity index (χ3v) is 6.21. The first-order chi connectivity index (χ1) is 11.3. The lowest BCUT2D eigenvalue weighted by atomic mass is 10.2. The molecule has 10 heteroatoms. The topological polar surface area (TPSA) is 138 Å². The van der Waals surface area contributed by atoms with Crippen molar-refractivity contribution in [2.45, 2.75) is 24.0 Å². The van der Waals surface area contributed by atoms with E-state index in [0.29, 0.717) is 35.6 Å². The lowest BCUT2D eigenvalue weighted by Gasteiger charge is -2.08. The summed E-state index contributed by atoms with van der Waals surface area (Å²) >= 11 is 0. The highest BCUT2D eigenvalue weighted by Crippen LogP contribution is 2.44. The molecule has 24 heavy (non-hydrogen) atoms. The molecular weight excluding hydrogens is 332 g/mol. The second kappa shape index (κ2) is 4.77. The molecule has 126 valence electrons. The van der Waals surface area contributed by atoms with Gasteiger partial charge in [0, 0.05) is 11.8 Å². The van der Waals surface area contributed by atoms with Gasteiger partial charge in [-0.1, -0.05) is 6.07 Å². The molecule has 0 saturated heterocycles. The fraction of sp³-hybridized carbons (Fsp3) is 0.357. The largest absolute Gasteiger partial charge is 0.494 e. The van der Waals surface area contributed by atoms with E-state index in [1.807, 2.05) is 12.1 Å². The van der Waals surface area contributed by atoms with Crippen LogP contribution in [0.2, 0.25) is 0 Å². The molecule has 1 aromatic carbocycles. The summed E-state index contributed by atoms with van der Waals surface area (Å²) in [5.41, 5.74) is 7.07. The lowest BCUT2D eigenvalue weighted by Crippen LogP contribution is -2.32. The highest BCUT2D eigenvalue weighted by atomic mass is 32.2. The minimum atomic E-state index is -3.65. The number of nitrogen functional groups attached to an aromatic ring is 1. The number of rotatable bonds is 4. The first-order valence-corrected chi connectivity index (χ1v) is 8.89. The fourth-order valence-corrected chi connectivity index (χ4v) is 3.90. The van der Waals surface area contributed by atoms with Gasteiger partial charge in [0.1, 0.15) is 11.3 Å². The van der Waals surface area contributed by atoms with Gasteiger partial charge in [0.15, 0.2) is 11.5 Å². The van der Waals surface area contributed by atoms with Gasteiger partial charge in [-0.25, -0.2) is 23.5 Å². The first-order valence-electron chi connectivity index (χ1n) is 7.35. The summed E-state index contributed by atoms with van der Waals surface area (Å²) in [6.45, 7) is 0. The van der Waals surface area contributed by atoms with Gasteiger partial charge in [-0.2, -0.15) is 4.52 Å². The number of hydrogen-bond donors (Lipinski definition) is 2. The lowest BCUT2D eigenvalue weighted by molar-refractivity contribution is 0.419. The first kappa shape index (κ1) is 15.1. The second-order valence-corrected chi connectivity index (χ2v) is 7.95. The number of sulfonamides is 1. The quantitative estimate of drug-likeness (QED) is 0.688. The van der Waals surface area contributed by atoms with E-state index in [1.165, 1.54) is 4.52 Å². The van der Waals surface area contributed by atoms with Crippen LogP contribution in [-0.4, -0.2) is 39.9 Å². The molecule has 9 nitrogen and oxygen atoms in total. The molecule has 3 aromatic rings. The Hall–Kier alpha value is -2.46. The van der Waals surface area contributed by atoms with Crippen LogP contribution in [0.25, 0.3) is 16.6 Å².